The fraction of sp³-hybridized carbons (Fsp3) is 0.300. The molecule has 0 aliphatic heterocycles. The van der Waals surface area contributed by atoms with Crippen LogP contribution in [0.25, 0.3) is 0 Å². The second-order valence-electron chi connectivity index (χ2n) is 3.18. The van der Waals surface area contributed by atoms with Crippen LogP contribution in [0.5, 0.6) is 0 Å². The van der Waals surface area contributed by atoms with Crippen LogP contribution >= 0.6 is 23.2 Å². The molecule has 0 bridgehead atoms. The Balaban J connectivity index is 3.30. The van der Waals surface area contributed by atoms with Gasteiger partial charge in [0.1, 0.15) is 5.38 Å². The molecule has 1 aromatic rings. The molecule has 0 N–H and O–H groups in total. The normalized spacial score (nSPS) is 13.6. The Bertz CT molecular complexity index is 415. The number of ketones is 1. The Labute approximate surface area is 100 Å². The molecule has 1 aromatic carbocycles. The molecular weight excluding hydrogens is 264 g/mol. The quantitative estimate of drug-likeness (QED) is 0.736. The zero-order valence-electron chi connectivity index (χ0n) is 8.11. The van der Waals surface area contributed by atoms with Gasteiger partial charge in [-0.1, -0.05) is 23.7 Å². The van der Waals surface area contributed by atoms with Crippen molar-refractivity contribution < 1.29 is 18.0 Å². The summed E-state index contributed by atoms with van der Waals surface area (Å²) in [6, 6.07) is 3.31. The Hall–Kier alpha value is -0.740. The highest BCUT2D eigenvalue weighted by atomic mass is 35.5. The van der Waals surface area contributed by atoms with Gasteiger partial charge in [-0.15, -0.1) is 11.6 Å². The van der Waals surface area contributed by atoms with Crippen LogP contribution in [0.15, 0.2) is 18.2 Å². The predicted octanol–water partition coefficient (Wildman–Crippen LogP) is 4.23. The topological polar surface area (TPSA) is 17.1 Å². The predicted molar refractivity (Wildman–Crippen MR) is 55.7 cm³/mol. The van der Waals surface area contributed by atoms with Gasteiger partial charge < -0.3 is 0 Å². The van der Waals surface area contributed by atoms with Gasteiger partial charge in [-0.3, -0.25) is 4.79 Å². The number of rotatable bonds is 2. The molecule has 88 valence electrons. The summed E-state index contributed by atoms with van der Waals surface area (Å²) in [7, 11) is 0. The highest BCUT2D eigenvalue weighted by Crippen LogP contribution is 2.39. The molecule has 0 aliphatic rings. The van der Waals surface area contributed by atoms with Gasteiger partial charge >= 0.3 is 6.18 Å². The smallest absolute Gasteiger partial charge is 0.298 e. The highest BCUT2D eigenvalue weighted by Gasteiger charge is 2.34. The van der Waals surface area contributed by atoms with E-state index in [4.69, 9.17) is 23.2 Å². The van der Waals surface area contributed by atoms with Crippen LogP contribution < -0.4 is 0 Å². The molecule has 0 aliphatic carbocycles. The van der Waals surface area contributed by atoms with E-state index in [-0.39, 0.29) is 5.56 Å². The van der Waals surface area contributed by atoms with Gasteiger partial charge in [-0.05, 0) is 18.6 Å². The Morgan fingerprint density at radius 1 is 1.38 bits per heavy atom. The molecule has 6 heteroatoms. The lowest BCUT2D eigenvalue weighted by Gasteiger charge is -2.14. The summed E-state index contributed by atoms with van der Waals surface area (Å²) in [6.45, 7) is 1.19. The molecule has 0 spiro atoms. The Kier molecular flexibility index (Phi) is 3.86. The van der Waals surface area contributed by atoms with E-state index >= 15 is 0 Å². The maximum atomic E-state index is 12.5. The van der Waals surface area contributed by atoms with Crippen LogP contribution in [-0.2, 0) is 11.0 Å². The summed E-state index contributed by atoms with van der Waals surface area (Å²) in [6.07, 6.45) is -4.56. The molecule has 0 radical (unpaired) electrons. The largest absolute Gasteiger partial charge is 0.417 e. The summed E-state index contributed by atoms with van der Waals surface area (Å²) in [5.74, 6) is -0.456. The highest BCUT2D eigenvalue weighted by molar-refractivity contribution is 6.36. The lowest BCUT2D eigenvalue weighted by Crippen LogP contribution is -2.09. The van der Waals surface area contributed by atoms with Crippen LogP contribution in [0.4, 0.5) is 13.2 Å². The first kappa shape index (κ1) is 13.3. The number of carbonyl (C=O) groups excluding carboxylic acids is 1. The lowest BCUT2D eigenvalue weighted by molar-refractivity contribution is -0.137. The number of halogens is 5. The molecule has 0 aromatic heterocycles. The van der Waals surface area contributed by atoms with Crippen molar-refractivity contribution in [3.8, 4) is 0 Å². The van der Waals surface area contributed by atoms with Crippen molar-refractivity contribution in [2.75, 3.05) is 0 Å². The SMILES string of the molecule is CC(=O)C(Cl)c1cccc(C(F)(F)F)c1Cl. The van der Waals surface area contributed by atoms with E-state index in [9.17, 15) is 18.0 Å². The summed E-state index contributed by atoms with van der Waals surface area (Å²) < 4.78 is 37.4. The van der Waals surface area contributed by atoms with Crippen molar-refractivity contribution in [1.29, 1.82) is 0 Å². The van der Waals surface area contributed by atoms with Crippen molar-refractivity contribution in [2.24, 2.45) is 0 Å². The van der Waals surface area contributed by atoms with Crippen LogP contribution in [0.3, 0.4) is 0 Å². The van der Waals surface area contributed by atoms with Gasteiger partial charge in [-0.2, -0.15) is 13.2 Å². The lowest BCUT2D eigenvalue weighted by atomic mass is 10.1. The molecule has 1 rings (SSSR count). The maximum Gasteiger partial charge on any atom is 0.417 e. The first-order valence-corrected chi connectivity index (χ1v) is 5.06. The van der Waals surface area contributed by atoms with Crippen LogP contribution in [0.2, 0.25) is 5.02 Å². The van der Waals surface area contributed by atoms with Gasteiger partial charge in [0.15, 0.2) is 5.78 Å². The van der Waals surface area contributed by atoms with Gasteiger partial charge in [0, 0.05) is 0 Å². The summed E-state index contributed by atoms with van der Waals surface area (Å²) in [5.41, 5.74) is -1.01. The van der Waals surface area contributed by atoms with E-state index < -0.39 is 27.9 Å². The zero-order chi connectivity index (χ0) is 12.5. The number of benzene rings is 1. The molecule has 1 nitrogen and oxygen atoms in total. The fourth-order valence-electron chi connectivity index (χ4n) is 1.18. The molecule has 16 heavy (non-hydrogen) atoms. The van der Waals surface area contributed by atoms with Crippen molar-refractivity contribution >= 4 is 29.0 Å². The van der Waals surface area contributed by atoms with Crippen LogP contribution in [0.1, 0.15) is 23.4 Å². The number of alkyl halides is 4. The van der Waals surface area contributed by atoms with Crippen LogP contribution in [-0.4, -0.2) is 5.78 Å². The van der Waals surface area contributed by atoms with Crippen molar-refractivity contribution in [3.63, 3.8) is 0 Å². The van der Waals surface area contributed by atoms with Gasteiger partial charge in [0.2, 0.25) is 0 Å². The standard InChI is InChI=1S/C10H7Cl2F3O/c1-5(16)8(11)6-3-2-4-7(9(6)12)10(13,14)15/h2-4,8H,1H3. The number of Topliss-reactive ketones (excluding diaryl/α,β-unsaturated/α-hetero) is 1. The van der Waals surface area contributed by atoms with E-state index in [0.717, 1.165) is 6.07 Å². The van der Waals surface area contributed by atoms with Crippen LogP contribution in [0, 0.1) is 0 Å². The molecule has 1 unspecified atom stereocenters. The maximum absolute atomic E-state index is 12.5. The fourth-order valence-corrected chi connectivity index (χ4v) is 1.76. The average Bonchev–Trinajstić information content (AvgIpc) is 2.15. The molecule has 0 fully saturated rings. The minimum Gasteiger partial charge on any atom is -0.298 e. The zero-order valence-corrected chi connectivity index (χ0v) is 9.62. The first-order valence-electron chi connectivity index (χ1n) is 4.25. The third-order valence-corrected chi connectivity index (χ3v) is 2.93. The van der Waals surface area contributed by atoms with Crippen molar-refractivity contribution in [3.05, 3.63) is 34.3 Å². The van der Waals surface area contributed by atoms with E-state index in [1.165, 1.54) is 19.1 Å². The van der Waals surface area contributed by atoms with Crippen molar-refractivity contribution in [1.82, 2.24) is 0 Å². The third-order valence-electron chi connectivity index (χ3n) is 1.96. The molecule has 0 amide bonds. The minimum atomic E-state index is -4.56. The van der Waals surface area contributed by atoms with Gasteiger partial charge in [-0.25, -0.2) is 0 Å². The molecule has 0 saturated heterocycles. The second kappa shape index (κ2) is 4.63. The average molecular weight is 271 g/mol. The van der Waals surface area contributed by atoms with E-state index in [0.29, 0.717) is 0 Å². The van der Waals surface area contributed by atoms with Gasteiger partial charge in [0.25, 0.3) is 0 Å². The second-order valence-corrected chi connectivity index (χ2v) is 3.99. The molecule has 0 saturated carbocycles. The molecule has 0 heterocycles. The summed E-state index contributed by atoms with van der Waals surface area (Å²) >= 11 is 11.2. The van der Waals surface area contributed by atoms with Crippen molar-refractivity contribution in [2.45, 2.75) is 18.5 Å². The monoisotopic (exact) mass is 270 g/mol. The molecule has 1 atom stereocenters. The third kappa shape index (κ3) is 2.68. The number of carbonyl (C=O) groups is 1. The van der Waals surface area contributed by atoms with E-state index in [1.54, 1.807) is 0 Å². The summed E-state index contributed by atoms with van der Waals surface area (Å²) in [4.78, 5) is 11.0. The Morgan fingerprint density at radius 2 is 1.94 bits per heavy atom. The number of hydrogen-bond acceptors (Lipinski definition) is 1. The van der Waals surface area contributed by atoms with E-state index in [1.807, 2.05) is 0 Å². The Morgan fingerprint density at radius 3 is 2.38 bits per heavy atom. The first-order chi connectivity index (χ1) is 7.25. The number of hydrogen-bond donors (Lipinski definition) is 0. The molecular formula is C10H7Cl2F3O. The minimum absolute atomic E-state index is 0.0225. The van der Waals surface area contributed by atoms with Gasteiger partial charge in [0.05, 0.1) is 10.6 Å². The summed E-state index contributed by atoms with van der Waals surface area (Å²) in [5, 5.41) is -1.68. The van der Waals surface area contributed by atoms with E-state index in [2.05, 4.69) is 0 Å².